The molecule has 0 fully saturated rings. The van der Waals surface area contributed by atoms with Crippen molar-refractivity contribution in [2.24, 2.45) is 0 Å². The lowest BCUT2D eigenvalue weighted by Crippen LogP contribution is -1.99. The van der Waals surface area contributed by atoms with Gasteiger partial charge in [0.15, 0.2) is 0 Å². The molecule has 0 radical (unpaired) electrons. The van der Waals surface area contributed by atoms with E-state index in [4.69, 9.17) is 17.3 Å². The Hall–Kier alpha value is -1.78. The van der Waals surface area contributed by atoms with Gasteiger partial charge in [-0.25, -0.2) is 0 Å². The number of nitrogen functional groups attached to an aromatic ring is 1. The Labute approximate surface area is 126 Å². The number of rotatable bonds is 3. The highest BCUT2D eigenvalue weighted by atomic mass is 35.5. The fourth-order valence-electron chi connectivity index (χ4n) is 2.05. The zero-order valence-electron chi connectivity index (χ0n) is 11.0. The molecule has 1 aromatic carbocycles. The fraction of sp³-hybridized carbons (Fsp3) is 0.133. The molecule has 0 spiro atoms. The highest BCUT2D eigenvalue weighted by Gasteiger charge is 2.10. The molecule has 0 aliphatic rings. The number of thiophene rings is 1. The number of hydrogen-bond donors (Lipinski definition) is 1. The number of aromatic nitrogens is 2. The third-order valence-electron chi connectivity index (χ3n) is 3.02. The summed E-state index contributed by atoms with van der Waals surface area (Å²) < 4.78 is 1.86. The third kappa shape index (κ3) is 2.71. The summed E-state index contributed by atoms with van der Waals surface area (Å²) in [4.78, 5) is 2.36. The highest BCUT2D eigenvalue weighted by molar-refractivity contribution is 7.15. The van der Waals surface area contributed by atoms with Crippen molar-refractivity contribution in [3.8, 4) is 10.6 Å². The maximum atomic E-state index is 6.06. The molecule has 0 saturated heterocycles. The van der Waals surface area contributed by atoms with Gasteiger partial charge in [-0.05, 0) is 36.8 Å². The molecule has 20 heavy (non-hydrogen) atoms. The van der Waals surface area contributed by atoms with Gasteiger partial charge in [-0.3, -0.25) is 4.68 Å². The average molecular weight is 304 g/mol. The number of anilines is 1. The van der Waals surface area contributed by atoms with Crippen LogP contribution in [0.1, 0.15) is 10.4 Å². The van der Waals surface area contributed by atoms with E-state index in [2.05, 4.69) is 24.2 Å². The van der Waals surface area contributed by atoms with Crippen LogP contribution in [0, 0.1) is 6.92 Å². The Balaban J connectivity index is 1.87. The van der Waals surface area contributed by atoms with Crippen LogP contribution in [0.2, 0.25) is 5.02 Å². The van der Waals surface area contributed by atoms with E-state index in [0.29, 0.717) is 12.2 Å². The van der Waals surface area contributed by atoms with Gasteiger partial charge in [-0.2, -0.15) is 5.10 Å². The SMILES string of the molecule is Cc1ccc(-c2nn(Cc3ccc(Cl)cc3)cc2N)s1. The van der Waals surface area contributed by atoms with Crippen LogP contribution in [0.5, 0.6) is 0 Å². The molecule has 0 unspecified atom stereocenters. The predicted molar refractivity (Wildman–Crippen MR) is 85.2 cm³/mol. The summed E-state index contributed by atoms with van der Waals surface area (Å²) in [6.45, 7) is 2.76. The maximum absolute atomic E-state index is 6.06. The zero-order valence-corrected chi connectivity index (χ0v) is 12.6. The van der Waals surface area contributed by atoms with Gasteiger partial charge in [0.25, 0.3) is 0 Å². The summed E-state index contributed by atoms with van der Waals surface area (Å²) in [6, 6.07) is 11.9. The molecule has 0 aliphatic carbocycles. The molecule has 2 aromatic heterocycles. The first-order valence-corrected chi connectivity index (χ1v) is 7.45. The maximum Gasteiger partial charge on any atom is 0.125 e. The van der Waals surface area contributed by atoms with E-state index < -0.39 is 0 Å². The Morgan fingerprint density at radius 2 is 1.95 bits per heavy atom. The number of aryl methyl sites for hydroxylation is 1. The fourth-order valence-corrected chi connectivity index (χ4v) is 3.05. The van der Waals surface area contributed by atoms with E-state index in [-0.39, 0.29) is 0 Å². The summed E-state index contributed by atoms with van der Waals surface area (Å²) >= 11 is 7.59. The molecule has 0 aliphatic heterocycles. The number of halogens is 1. The van der Waals surface area contributed by atoms with E-state index in [1.165, 1.54) is 4.88 Å². The van der Waals surface area contributed by atoms with E-state index in [1.54, 1.807) is 11.3 Å². The van der Waals surface area contributed by atoms with Crippen molar-refractivity contribution >= 4 is 28.6 Å². The largest absolute Gasteiger partial charge is 0.396 e. The molecule has 0 saturated carbocycles. The second-order valence-corrected chi connectivity index (χ2v) is 6.39. The van der Waals surface area contributed by atoms with E-state index >= 15 is 0 Å². The van der Waals surface area contributed by atoms with Gasteiger partial charge in [0.2, 0.25) is 0 Å². The average Bonchev–Trinajstić information content (AvgIpc) is 2.98. The highest BCUT2D eigenvalue weighted by Crippen LogP contribution is 2.30. The van der Waals surface area contributed by atoms with Crippen molar-refractivity contribution in [2.75, 3.05) is 5.73 Å². The van der Waals surface area contributed by atoms with Crippen LogP contribution < -0.4 is 5.73 Å². The lowest BCUT2D eigenvalue weighted by Gasteiger charge is -2.01. The van der Waals surface area contributed by atoms with Crippen LogP contribution in [0.15, 0.2) is 42.6 Å². The van der Waals surface area contributed by atoms with Gasteiger partial charge in [0.1, 0.15) is 5.69 Å². The topological polar surface area (TPSA) is 43.8 Å². The van der Waals surface area contributed by atoms with Crippen LogP contribution in [-0.2, 0) is 6.54 Å². The summed E-state index contributed by atoms with van der Waals surface area (Å²) in [6.07, 6.45) is 1.87. The van der Waals surface area contributed by atoms with E-state index in [0.717, 1.165) is 21.2 Å². The minimum Gasteiger partial charge on any atom is -0.396 e. The Morgan fingerprint density at radius 1 is 1.20 bits per heavy atom. The summed E-state index contributed by atoms with van der Waals surface area (Å²) in [5.74, 6) is 0. The number of benzene rings is 1. The second-order valence-electron chi connectivity index (χ2n) is 4.67. The van der Waals surface area contributed by atoms with Crippen LogP contribution >= 0.6 is 22.9 Å². The predicted octanol–water partition coefficient (Wildman–Crippen LogP) is 4.20. The molecule has 2 N–H and O–H groups in total. The molecular weight excluding hydrogens is 290 g/mol. The molecule has 3 nitrogen and oxygen atoms in total. The first kappa shape index (κ1) is 13.2. The molecule has 0 bridgehead atoms. The summed E-state index contributed by atoms with van der Waals surface area (Å²) in [7, 11) is 0. The van der Waals surface area contributed by atoms with Crippen molar-refractivity contribution in [1.29, 1.82) is 0 Å². The number of hydrogen-bond acceptors (Lipinski definition) is 3. The summed E-state index contributed by atoms with van der Waals surface area (Å²) in [5, 5.41) is 5.32. The minimum atomic E-state index is 0.686. The molecule has 0 atom stereocenters. The normalized spacial score (nSPS) is 10.9. The van der Waals surface area contributed by atoms with E-state index in [9.17, 15) is 0 Å². The van der Waals surface area contributed by atoms with Crippen LogP contribution in [0.4, 0.5) is 5.69 Å². The third-order valence-corrected chi connectivity index (χ3v) is 4.28. The Morgan fingerprint density at radius 3 is 2.60 bits per heavy atom. The molecule has 5 heteroatoms. The molecule has 102 valence electrons. The lowest BCUT2D eigenvalue weighted by atomic mass is 10.2. The van der Waals surface area contributed by atoms with Crippen LogP contribution in [0.3, 0.4) is 0 Å². The van der Waals surface area contributed by atoms with E-state index in [1.807, 2.05) is 35.1 Å². The van der Waals surface area contributed by atoms with Gasteiger partial charge in [-0.1, -0.05) is 23.7 Å². The minimum absolute atomic E-state index is 0.686. The summed E-state index contributed by atoms with van der Waals surface area (Å²) in [5.41, 5.74) is 8.77. The van der Waals surface area contributed by atoms with Crippen molar-refractivity contribution in [3.63, 3.8) is 0 Å². The van der Waals surface area contributed by atoms with Crippen LogP contribution in [0.25, 0.3) is 10.6 Å². The standard InChI is InChI=1S/C15H14ClN3S/c1-10-2-7-14(20-10)15-13(17)9-19(18-15)8-11-3-5-12(16)6-4-11/h2-7,9H,8,17H2,1H3. The second kappa shape index (κ2) is 5.31. The monoisotopic (exact) mass is 303 g/mol. The Kier molecular flexibility index (Phi) is 3.51. The van der Waals surface area contributed by atoms with Gasteiger partial charge >= 0.3 is 0 Å². The van der Waals surface area contributed by atoms with Gasteiger partial charge in [0, 0.05) is 16.1 Å². The smallest absolute Gasteiger partial charge is 0.125 e. The van der Waals surface area contributed by atoms with Crippen molar-refractivity contribution in [1.82, 2.24) is 9.78 Å². The first-order valence-electron chi connectivity index (χ1n) is 6.26. The molecule has 0 amide bonds. The van der Waals surface area contributed by atoms with Gasteiger partial charge in [-0.15, -0.1) is 11.3 Å². The quantitative estimate of drug-likeness (QED) is 0.788. The van der Waals surface area contributed by atoms with Gasteiger partial charge in [0.05, 0.1) is 17.1 Å². The molecule has 3 aromatic rings. The Bertz CT molecular complexity index is 728. The molecule has 3 rings (SSSR count). The number of nitrogens with two attached hydrogens (primary N) is 1. The van der Waals surface area contributed by atoms with Crippen molar-refractivity contribution < 1.29 is 0 Å². The zero-order chi connectivity index (χ0) is 14.1. The van der Waals surface area contributed by atoms with Crippen LogP contribution in [-0.4, -0.2) is 9.78 Å². The lowest BCUT2D eigenvalue weighted by molar-refractivity contribution is 0.690. The molecular formula is C15H14ClN3S. The van der Waals surface area contributed by atoms with Crippen molar-refractivity contribution in [3.05, 3.63) is 58.1 Å². The first-order chi connectivity index (χ1) is 9.61. The number of nitrogens with zero attached hydrogens (tertiary/aromatic N) is 2. The molecule has 2 heterocycles. The van der Waals surface area contributed by atoms with Crippen molar-refractivity contribution in [2.45, 2.75) is 13.5 Å². The van der Waals surface area contributed by atoms with Gasteiger partial charge < -0.3 is 5.73 Å².